The molecule has 0 bridgehead atoms. The van der Waals surface area contributed by atoms with Gasteiger partial charge < -0.3 is 10.6 Å². The number of likely N-dealkylation sites (tertiary alicyclic amines) is 2. The Hall–Kier alpha value is -0.860. The molecule has 164 valence electrons. The van der Waals surface area contributed by atoms with Crippen molar-refractivity contribution in [2.45, 2.75) is 65.2 Å². The molecule has 2 aliphatic rings. The van der Waals surface area contributed by atoms with E-state index >= 15 is 0 Å². The van der Waals surface area contributed by atoms with Crippen LogP contribution in [0.5, 0.6) is 0 Å². The molecule has 2 aliphatic heterocycles. The van der Waals surface area contributed by atoms with E-state index < -0.39 is 0 Å². The topological polar surface area (TPSA) is 42.9 Å². The minimum Gasteiger partial charge on any atom is -0.352 e. The first-order valence-electron chi connectivity index (χ1n) is 11.1. The van der Waals surface area contributed by atoms with Crippen LogP contribution in [0.4, 0.5) is 0 Å². The minimum absolute atomic E-state index is 0. The maximum atomic E-state index is 4.44. The largest absolute Gasteiger partial charge is 0.352 e. The van der Waals surface area contributed by atoms with Crippen molar-refractivity contribution in [3.63, 3.8) is 0 Å². The third-order valence-electron chi connectivity index (χ3n) is 6.25. The molecule has 3 rings (SSSR count). The molecule has 2 unspecified atom stereocenters. The Labute approximate surface area is 194 Å². The van der Waals surface area contributed by atoms with Crippen LogP contribution in [0.25, 0.3) is 0 Å². The van der Waals surface area contributed by atoms with E-state index in [0.29, 0.717) is 18.0 Å². The van der Waals surface area contributed by atoms with Crippen molar-refractivity contribution in [1.82, 2.24) is 20.4 Å². The Morgan fingerprint density at radius 2 is 1.72 bits per heavy atom. The quantitative estimate of drug-likeness (QED) is 0.346. The van der Waals surface area contributed by atoms with Crippen molar-refractivity contribution in [3.05, 3.63) is 35.4 Å². The van der Waals surface area contributed by atoms with Gasteiger partial charge in [-0.3, -0.25) is 14.8 Å². The first-order chi connectivity index (χ1) is 13.5. The number of nitrogens with zero attached hydrogens (tertiary/aromatic N) is 3. The lowest BCUT2D eigenvalue weighted by Crippen LogP contribution is -2.46. The number of hydrogen-bond acceptors (Lipinski definition) is 3. The molecule has 2 atom stereocenters. The van der Waals surface area contributed by atoms with Gasteiger partial charge in [-0.05, 0) is 56.8 Å². The number of rotatable bonds is 6. The molecule has 0 saturated carbocycles. The fourth-order valence-corrected chi connectivity index (χ4v) is 4.31. The molecule has 0 aromatic heterocycles. The average molecular weight is 514 g/mol. The highest BCUT2D eigenvalue weighted by Crippen LogP contribution is 2.18. The summed E-state index contributed by atoms with van der Waals surface area (Å²) in [7, 11) is 1.86. The van der Waals surface area contributed by atoms with Gasteiger partial charge in [-0.25, -0.2) is 0 Å². The summed E-state index contributed by atoms with van der Waals surface area (Å²) >= 11 is 0. The minimum atomic E-state index is 0. The molecule has 5 nitrogen and oxygen atoms in total. The lowest BCUT2D eigenvalue weighted by Gasteiger charge is -2.26. The van der Waals surface area contributed by atoms with E-state index in [0.717, 1.165) is 32.1 Å². The third-order valence-corrected chi connectivity index (χ3v) is 6.25. The summed E-state index contributed by atoms with van der Waals surface area (Å²) < 4.78 is 0. The number of nitrogens with one attached hydrogen (secondary N) is 2. The first kappa shape index (κ1) is 24.4. The van der Waals surface area contributed by atoms with Crippen LogP contribution in [-0.2, 0) is 13.1 Å². The summed E-state index contributed by atoms with van der Waals surface area (Å²) in [6.45, 7) is 13.5. The third kappa shape index (κ3) is 7.40. The highest BCUT2D eigenvalue weighted by molar-refractivity contribution is 14.0. The number of guanidine groups is 1. The second kappa shape index (κ2) is 12.1. The van der Waals surface area contributed by atoms with E-state index in [1.54, 1.807) is 0 Å². The molecular weight excluding hydrogens is 473 g/mol. The zero-order chi connectivity index (χ0) is 19.9. The maximum Gasteiger partial charge on any atom is 0.191 e. The fourth-order valence-electron chi connectivity index (χ4n) is 4.31. The van der Waals surface area contributed by atoms with Gasteiger partial charge in [0.25, 0.3) is 0 Å². The second-order valence-electron chi connectivity index (χ2n) is 8.85. The monoisotopic (exact) mass is 513 g/mol. The van der Waals surface area contributed by atoms with Gasteiger partial charge in [0.15, 0.2) is 5.96 Å². The van der Waals surface area contributed by atoms with Gasteiger partial charge in [0.1, 0.15) is 0 Å². The zero-order valence-corrected chi connectivity index (χ0v) is 21.0. The predicted molar refractivity (Wildman–Crippen MR) is 134 cm³/mol. The van der Waals surface area contributed by atoms with Crippen LogP contribution in [0, 0.1) is 5.92 Å². The Morgan fingerprint density at radius 3 is 2.31 bits per heavy atom. The van der Waals surface area contributed by atoms with E-state index in [2.05, 4.69) is 70.5 Å². The predicted octanol–water partition coefficient (Wildman–Crippen LogP) is 3.68. The van der Waals surface area contributed by atoms with Crippen molar-refractivity contribution < 1.29 is 0 Å². The standard InChI is InChI=1S/C23H39N5.HI/c1-18(2)28-15-19(3)22(17-28)26-23(24-4)25-14-20-8-10-21(11-9-20)16-27-12-6-5-7-13-27;/h8-11,18-19,22H,5-7,12-17H2,1-4H3,(H2,24,25,26);1H. The van der Waals surface area contributed by atoms with Gasteiger partial charge in [-0.15, -0.1) is 24.0 Å². The molecule has 6 heteroatoms. The van der Waals surface area contributed by atoms with Crippen LogP contribution in [-0.4, -0.2) is 61.1 Å². The number of piperidine rings is 1. The van der Waals surface area contributed by atoms with Crippen LogP contribution >= 0.6 is 24.0 Å². The molecule has 0 spiro atoms. The molecule has 1 aromatic rings. The first-order valence-corrected chi connectivity index (χ1v) is 11.1. The van der Waals surface area contributed by atoms with Crippen LogP contribution in [0.2, 0.25) is 0 Å². The molecular formula is C23H40IN5. The summed E-state index contributed by atoms with van der Waals surface area (Å²) in [6, 6.07) is 10.1. The lowest BCUT2D eigenvalue weighted by molar-refractivity contribution is 0.221. The smallest absolute Gasteiger partial charge is 0.191 e. The molecule has 0 radical (unpaired) electrons. The van der Waals surface area contributed by atoms with Crippen molar-refractivity contribution in [2.24, 2.45) is 10.9 Å². The molecule has 2 fully saturated rings. The number of hydrogen-bond donors (Lipinski definition) is 2. The average Bonchev–Trinajstić information content (AvgIpc) is 3.08. The molecule has 0 aliphatic carbocycles. The molecule has 2 saturated heterocycles. The number of aliphatic imine (C=N–C) groups is 1. The van der Waals surface area contributed by atoms with Crippen LogP contribution in [0.15, 0.2) is 29.3 Å². The highest BCUT2D eigenvalue weighted by atomic mass is 127. The van der Waals surface area contributed by atoms with Crippen LogP contribution < -0.4 is 10.6 Å². The molecule has 0 amide bonds. The molecule has 29 heavy (non-hydrogen) atoms. The molecule has 2 heterocycles. The Bertz CT molecular complexity index is 625. The Kier molecular flexibility index (Phi) is 10.2. The molecule has 2 N–H and O–H groups in total. The van der Waals surface area contributed by atoms with Crippen molar-refractivity contribution in [3.8, 4) is 0 Å². The number of benzene rings is 1. The van der Waals surface area contributed by atoms with Crippen LogP contribution in [0.3, 0.4) is 0 Å². The Morgan fingerprint density at radius 1 is 1.07 bits per heavy atom. The fraction of sp³-hybridized carbons (Fsp3) is 0.696. The lowest BCUT2D eigenvalue weighted by atomic mass is 10.1. The van der Waals surface area contributed by atoms with Gasteiger partial charge in [0.2, 0.25) is 0 Å². The Balaban J connectivity index is 0.00000300. The van der Waals surface area contributed by atoms with Gasteiger partial charge in [0.05, 0.1) is 0 Å². The number of halogens is 1. The van der Waals surface area contributed by atoms with E-state index in [9.17, 15) is 0 Å². The SMILES string of the molecule is CN=C(NCc1ccc(CN2CCCCC2)cc1)NC1CN(C(C)C)CC1C.I. The normalized spacial score (nSPS) is 23.8. The summed E-state index contributed by atoms with van der Waals surface area (Å²) in [4.78, 5) is 9.55. The maximum absolute atomic E-state index is 4.44. The van der Waals surface area contributed by atoms with E-state index in [1.807, 2.05) is 7.05 Å². The van der Waals surface area contributed by atoms with Gasteiger partial charge in [-0.2, -0.15) is 0 Å². The summed E-state index contributed by atoms with van der Waals surface area (Å²) in [5.74, 6) is 1.54. The molecule has 1 aromatic carbocycles. The summed E-state index contributed by atoms with van der Waals surface area (Å²) in [5.41, 5.74) is 2.72. The van der Waals surface area contributed by atoms with Gasteiger partial charge >= 0.3 is 0 Å². The van der Waals surface area contributed by atoms with Gasteiger partial charge in [0, 0.05) is 45.3 Å². The summed E-state index contributed by atoms with van der Waals surface area (Å²) in [6.07, 6.45) is 4.09. The zero-order valence-electron chi connectivity index (χ0n) is 18.7. The highest BCUT2D eigenvalue weighted by Gasteiger charge is 2.31. The van der Waals surface area contributed by atoms with Gasteiger partial charge in [-0.1, -0.05) is 37.6 Å². The summed E-state index contributed by atoms with van der Waals surface area (Å²) in [5, 5.41) is 7.11. The van der Waals surface area contributed by atoms with Crippen molar-refractivity contribution in [1.29, 1.82) is 0 Å². The van der Waals surface area contributed by atoms with E-state index in [1.165, 1.54) is 43.5 Å². The van der Waals surface area contributed by atoms with E-state index in [-0.39, 0.29) is 24.0 Å². The van der Waals surface area contributed by atoms with Crippen molar-refractivity contribution >= 4 is 29.9 Å². The van der Waals surface area contributed by atoms with Crippen molar-refractivity contribution in [2.75, 3.05) is 33.2 Å². The second-order valence-corrected chi connectivity index (χ2v) is 8.85. The van der Waals surface area contributed by atoms with E-state index in [4.69, 9.17) is 0 Å². The van der Waals surface area contributed by atoms with Crippen LogP contribution in [0.1, 0.15) is 51.2 Å².